The van der Waals surface area contributed by atoms with Gasteiger partial charge in [-0.1, -0.05) is 20.8 Å². The Labute approximate surface area is 151 Å². The van der Waals surface area contributed by atoms with E-state index in [1.54, 1.807) is 0 Å². The molecule has 0 aliphatic carbocycles. The van der Waals surface area contributed by atoms with Crippen LogP contribution in [0.1, 0.15) is 46.5 Å². The van der Waals surface area contributed by atoms with Crippen LogP contribution in [0.2, 0.25) is 18.1 Å². The SMILES string of the molecule is COC(=O)C[C@H](O)CC(C[C@@H](O)CC(=O)OC)O[Si](C)(C)C(C)(C)C. The predicted octanol–water partition coefficient (Wildman–Crippen LogP) is 2.00. The molecule has 0 rings (SSSR count). The van der Waals surface area contributed by atoms with E-state index < -0.39 is 38.6 Å². The summed E-state index contributed by atoms with van der Waals surface area (Å²) in [6.07, 6.45) is -2.26. The molecule has 0 saturated carbocycles. The number of rotatable bonds is 10. The van der Waals surface area contributed by atoms with Crippen LogP contribution < -0.4 is 0 Å². The third-order valence-electron chi connectivity index (χ3n) is 4.60. The molecule has 0 aliphatic heterocycles. The van der Waals surface area contributed by atoms with Crippen molar-refractivity contribution in [2.45, 2.75) is 82.9 Å². The topological polar surface area (TPSA) is 102 Å². The lowest BCUT2D eigenvalue weighted by Crippen LogP contribution is -2.45. The van der Waals surface area contributed by atoms with E-state index in [2.05, 4.69) is 43.3 Å². The summed E-state index contributed by atoms with van der Waals surface area (Å²) in [6, 6.07) is 0. The first-order chi connectivity index (χ1) is 11.3. The number of methoxy groups -OCH3 is 2. The highest BCUT2D eigenvalue weighted by Gasteiger charge is 2.40. The fraction of sp³-hybridized carbons (Fsp3) is 0.882. The molecule has 0 aromatic carbocycles. The molecule has 0 unspecified atom stereocenters. The highest BCUT2D eigenvalue weighted by atomic mass is 28.4. The van der Waals surface area contributed by atoms with Crippen LogP contribution in [0.3, 0.4) is 0 Å². The van der Waals surface area contributed by atoms with Crippen molar-refractivity contribution in [2.75, 3.05) is 14.2 Å². The Hall–Kier alpha value is -0.963. The summed E-state index contributed by atoms with van der Waals surface area (Å²) >= 11 is 0. The van der Waals surface area contributed by atoms with Crippen LogP contribution in [-0.4, -0.2) is 63.0 Å². The summed E-state index contributed by atoms with van der Waals surface area (Å²) < 4.78 is 15.4. The Balaban J connectivity index is 5.04. The van der Waals surface area contributed by atoms with E-state index in [-0.39, 0.29) is 30.7 Å². The van der Waals surface area contributed by atoms with Crippen molar-refractivity contribution in [1.82, 2.24) is 0 Å². The zero-order chi connectivity index (χ0) is 19.8. The number of hydrogen-bond donors (Lipinski definition) is 2. The molecule has 8 heteroatoms. The number of carbonyl (C=O) groups is 2. The molecule has 7 nitrogen and oxygen atoms in total. The second kappa shape index (κ2) is 10.3. The van der Waals surface area contributed by atoms with Crippen LogP contribution in [0, 0.1) is 0 Å². The normalized spacial score (nSPS) is 15.0. The highest BCUT2D eigenvalue weighted by Crippen LogP contribution is 2.38. The van der Waals surface area contributed by atoms with E-state index in [4.69, 9.17) is 4.43 Å². The molecule has 0 aliphatic rings. The van der Waals surface area contributed by atoms with Gasteiger partial charge < -0.3 is 24.1 Å². The van der Waals surface area contributed by atoms with E-state index in [1.807, 2.05) is 0 Å². The minimum atomic E-state index is -2.15. The minimum absolute atomic E-state index is 0.0497. The lowest BCUT2D eigenvalue weighted by Gasteiger charge is -2.40. The maximum absolute atomic E-state index is 11.3. The summed E-state index contributed by atoms with van der Waals surface area (Å²) in [4.78, 5) is 22.7. The van der Waals surface area contributed by atoms with E-state index in [1.165, 1.54) is 14.2 Å². The van der Waals surface area contributed by atoms with Crippen molar-refractivity contribution < 1.29 is 33.7 Å². The van der Waals surface area contributed by atoms with Gasteiger partial charge in [0.1, 0.15) is 0 Å². The van der Waals surface area contributed by atoms with Gasteiger partial charge in [0.15, 0.2) is 8.32 Å². The molecule has 0 radical (unpaired) electrons. The second-order valence-electron chi connectivity index (χ2n) is 7.84. The lowest BCUT2D eigenvalue weighted by molar-refractivity contribution is -0.143. The van der Waals surface area contributed by atoms with E-state index in [0.717, 1.165) is 0 Å². The quantitative estimate of drug-likeness (QED) is 0.443. The first-order valence-electron chi connectivity index (χ1n) is 8.50. The Morgan fingerprint density at radius 3 is 1.56 bits per heavy atom. The molecule has 0 amide bonds. The summed E-state index contributed by atoms with van der Waals surface area (Å²) in [7, 11) is 0.373. The number of aliphatic hydroxyl groups is 2. The van der Waals surface area contributed by atoms with Crippen LogP contribution in [0.15, 0.2) is 0 Å². The molecular weight excluding hydrogens is 344 g/mol. The van der Waals surface area contributed by atoms with Gasteiger partial charge in [0.05, 0.1) is 39.3 Å². The molecule has 2 N–H and O–H groups in total. The van der Waals surface area contributed by atoms with Crippen LogP contribution in [0.5, 0.6) is 0 Å². The predicted molar refractivity (Wildman–Crippen MR) is 96.6 cm³/mol. The zero-order valence-corrected chi connectivity index (χ0v) is 17.5. The molecule has 0 bridgehead atoms. The van der Waals surface area contributed by atoms with Crippen molar-refractivity contribution >= 4 is 20.3 Å². The van der Waals surface area contributed by atoms with E-state index >= 15 is 0 Å². The molecular formula is C17H34O7Si. The Morgan fingerprint density at radius 2 is 1.28 bits per heavy atom. The van der Waals surface area contributed by atoms with Gasteiger partial charge in [-0.05, 0) is 31.0 Å². The fourth-order valence-electron chi connectivity index (χ4n) is 2.11. The molecule has 25 heavy (non-hydrogen) atoms. The Bertz CT molecular complexity index is 405. The molecule has 0 heterocycles. The van der Waals surface area contributed by atoms with E-state index in [9.17, 15) is 19.8 Å². The fourth-order valence-corrected chi connectivity index (χ4v) is 3.49. The highest BCUT2D eigenvalue weighted by molar-refractivity contribution is 6.74. The van der Waals surface area contributed by atoms with Gasteiger partial charge in [0.2, 0.25) is 0 Å². The van der Waals surface area contributed by atoms with Gasteiger partial charge in [0.25, 0.3) is 0 Å². The molecule has 0 fully saturated rings. The first-order valence-corrected chi connectivity index (χ1v) is 11.4. The number of aliphatic hydroxyl groups excluding tert-OH is 2. The molecule has 0 aromatic rings. The van der Waals surface area contributed by atoms with Gasteiger partial charge in [-0.3, -0.25) is 9.59 Å². The van der Waals surface area contributed by atoms with Crippen LogP contribution in [0.4, 0.5) is 0 Å². The average Bonchev–Trinajstić information content (AvgIpc) is 2.44. The van der Waals surface area contributed by atoms with Crippen molar-refractivity contribution in [3.05, 3.63) is 0 Å². The Morgan fingerprint density at radius 1 is 0.920 bits per heavy atom. The van der Waals surface area contributed by atoms with Gasteiger partial charge in [0, 0.05) is 6.10 Å². The van der Waals surface area contributed by atoms with Gasteiger partial charge in [-0.15, -0.1) is 0 Å². The smallest absolute Gasteiger partial charge is 0.308 e. The third-order valence-corrected chi connectivity index (χ3v) is 9.13. The first kappa shape index (κ1) is 24.0. The molecule has 2 atom stereocenters. The van der Waals surface area contributed by atoms with Crippen molar-refractivity contribution in [3.8, 4) is 0 Å². The van der Waals surface area contributed by atoms with Crippen molar-refractivity contribution in [3.63, 3.8) is 0 Å². The average molecular weight is 379 g/mol. The molecule has 148 valence electrons. The van der Waals surface area contributed by atoms with Crippen molar-refractivity contribution in [1.29, 1.82) is 0 Å². The molecule has 0 saturated heterocycles. The lowest BCUT2D eigenvalue weighted by atomic mass is 10.0. The van der Waals surface area contributed by atoms with E-state index in [0.29, 0.717) is 0 Å². The number of carbonyl (C=O) groups excluding carboxylic acids is 2. The number of ether oxygens (including phenoxy) is 2. The summed E-state index contributed by atoms with van der Waals surface area (Å²) in [5, 5.41) is 20.2. The van der Waals surface area contributed by atoms with Crippen LogP contribution in [0.25, 0.3) is 0 Å². The summed E-state index contributed by atoms with van der Waals surface area (Å²) in [6.45, 7) is 10.4. The van der Waals surface area contributed by atoms with Gasteiger partial charge >= 0.3 is 11.9 Å². The maximum atomic E-state index is 11.3. The number of hydrogen-bond acceptors (Lipinski definition) is 7. The monoisotopic (exact) mass is 378 g/mol. The maximum Gasteiger partial charge on any atom is 0.308 e. The number of esters is 2. The minimum Gasteiger partial charge on any atom is -0.469 e. The summed E-state index contributed by atoms with van der Waals surface area (Å²) in [5.41, 5.74) is 0. The van der Waals surface area contributed by atoms with Crippen LogP contribution in [-0.2, 0) is 23.5 Å². The molecule has 0 spiro atoms. The van der Waals surface area contributed by atoms with Crippen LogP contribution >= 0.6 is 0 Å². The summed E-state index contributed by atoms with van der Waals surface area (Å²) in [5.74, 6) is -1.01. The van der Waals surface area contributed by atoms with Crippen molar-refractivity contribution in [2.24, 2.45) is 0 Å². The van der Waals surface area contributed by atoms with Gasteiger partial charge in [-0.2, -0.15) is 0 Å². The second-order valence-corrected chi connectivity index (χ2v) is 12.6. The third kappa shape index (κ3) is 9.34. The Kier molecular flexibility index (Phi) is 9.86. The zero-order valence-electron chi connectivity index (χ0n) is 16.5. The molecule has 0 aromatic heterocycles. The standard InChI is InChI=1S/C17H34O7Si/c1-17(2,3)25(6,7)24-14(8-12(18)10-15(20)22-4)9-13(19)11-16(21)23-5/h12-14,18-19H,8-11H2,1-7H3/t12-,13-/m1/s1. The largest absolute Gasteiger partial charge is 0.469 e. The van der Waals surface area contributed by atoms with Gasteiger partial charge in [-0.25, -0.2) is 0 Å².